The second-order valence-corrected chi connectivity index (χ2v) is 3.31. The number of quaternary nitrogens is 1. The quantitative estimate of drug-likeness (QED) is 0.339. The van der Waals surface area contributed by atoms with E-state index in [9.17, 15) is 9.90 Å². The number of nitrogens with zero attached hydrogens (tertiary/aromatic N) is 1. The van der Waals surface area contributed by atoms with Crippen molar-refractivity contribution in [3.8, 4) is 0 Å². The normalized spacial score (nSPS) is 8.92. The maximum atomic E-state index is 9.89. The molecule has 0 aliphatic rings. The molecular weight excluding hydrogens is 201 g/mol. The molecule has 0 saturated heterocycles. The Labute approximate surface area is 121 Å². The summed E-state index contributed by atoms with van der Waals surface area (Å²) in [6.45, 7) is 1.04. The number of carboxylic acids is 2. The second-order valence-electron chi connectivity index (χ2n) is 3.31. The third kappa shape index (κ3) is 45.4. The average molecular weight is 215 g/mol. The molecule has 0 amide bonds. The molecule has 0 rings (SSSR count). The van der Waals surface area contributed by atoms with Gasteiger partial charge >= 0.3 is 51.4 Å². The predicted molar refractivity (Wildman–Crippen MR) is 38.6 cm³/mol. The summed E-state index contributed by atoms with van der Waals surface area (Å²) in [4.78, 5) is 18.8. The molecule has 13 heavy (non-hydrogen) atoms. The Balaban J connectivity index is -0.000000173. The molecular formula is C7H14KNO4. The summed E-state index contributed by atoms with van der Waals surface area (Å²) >= 11 is 0. The number of carbonyl (C=O) groups excluding carboxylic acids is 2. The first-order valence-electron chi connectivity index (χ1n) is 3.33. The Kier molecular flexibility index (Phi) is 13.4. The van der Waals surface area contributed by atoms with E-state index < -0.39 is 11.9 Å². The summed E-state index contributed by atoms with van der Waals surface area (Å²) in [5, 5.41) is 18.8. The average Bonchev–Trinajstić information content (AvgIpc) is 1.52. The smallest absolute Gasteiger partial charge is 0.550 e. The number of rotatable bonds is 2. The van der Waals surface area contributed by atoms with Crippen molar-refractivity contribution in [3.63, 3.8) is 0 Å². The minimum Gasteiger partial charge on any atom is -0.550 e. The van der Waals surface area contributed by atoms with Crippen LogP contribution in [0, 0.1) is 0 Å². The summed E-state index contributed by atoms with van der Waals surface area (Å²) in [5.41, 5.74) is 0. The van der Waals surface area contributed by atoms with Gasteiger partial charge in [0.2, 0.25) is 0 Å². The molecule has 0 heterocycles. The van der Waals surface area contributed by atoms with Crippen molar-refractivity contribution in [3.05, 3.63) is 0 Å². The second kappa shape index (κ2) is 9.11. The van der Waals surface area contributed by atoms with E-state index in [0.29, 0.717) is 4.48 Å². The largest absolute Gasteiger partial charge is 1.00 e. The molecule has 0 fully saturated rings. The summed E-state index contributed by atoms with van der Waals surface area (Å²) < 4.78 is 0.419. The Morgan fingerprint density at radius 2 is 1.38 bits per heavy atom. The van der Waals surface area contributed by atoms with Gasteiger partial charge in [-0.1, -0.05) is 0 Å². The van der Waals surface area contributed by atoms with Gasteiger partial charge in [0.15, 0.2) is 0 Å². The Morgan fingerprint density at radius 3 is 1.38 bits per heavy atom. The van der Waals surface area contributed by atoms with E-state index >= 15 is 0 Å². The fraction of sp³-hybridized carbons (Fsp3) is 0.714. The van der Waals surface area contributed by atoms with Crippen LogP contribution in [0.15, 0.2) is 0 Å². The number of likely N-dealkylation sites (N-methyl/N-ethyl adjacent to an activating group) is 1. The fourth-order valence-electron chi connectivity index (χ4n) is 0.387. The molecule has 0 N–H and O–H groups in total. The van der Waals surface area contributed by atoms with Crippen LogP contribution < -0.4 is 61.6 Å². The van der Waals surface area contributed by atoms with Crippen molar-refractivity contribution >= 4 is 11.9 Å². The van der Waals surface area contributed by atoms with Crippen LogP contribution in [0.3, 0.4) is 0 Å². The Morgan fingerprint density at radius 1 is 1.15 bits per heavy atom. The van der Waals surface area contributed by atoms with Gasteiger partial charge in [0.25, 0.3) is 0 Å². The van der Waals surface area contributed by atoms with Crippen LogP contribution in [0.25, 0.3) is 0 Å². The van der Waals surface area contributed by atoms with Gasteiger partial charge in [-0.15, -0.1) is 0 Å². The van der Waals surface area contributed by atoms with Crippen molar-refractivity contribution < 1.29 is 75.7 Å². The van der Waals surface area contributed by atoms with Crippen molar-refractivity contribution in [1.29, 1.82) is 0 Å². The summed E-state index contributed by atoms with van der Waals surface area (Å²) in [6.07, 6.45) is 0. The molecule has 5 nitrogen and oxygen atoms in total. The van der Waals surface area contributed by atoms with Gasteiger partial charge in [0.05, 0.1) is 27.1 Å². The zero-order valence-corrected chi connectivity index (χ0v) is 11.9. The van der Waals surface area contributed by atoms with Crippen LogP contribution in [-0.4, -0.2) is 44.1 Å². The van der Waals surface area contributed by atoms with Crippen LogP contribution in [0.2, 0.25) is 0 Å². The van der Waals surface area contributed by atoms with E-state index in [1.165, 1.54) is 0 Å². The fourth-order valence-corrected chi connectivity index (χ4v) is 0.387. The van der Waals surface area contributed by atoms with Gasteiger partial charge in [-0.2, -0.15) is 0 Å². The number of hydrogen-bond acceptors (Lipinski definition) is 4. The van der Waals surface area contributed by atoms with Gasteiger partial charge in [0, 0.05) is 5.97 Å². The van der Waals surface area contributed by atoms with Gasteiger partial charge in [-0.05, 0) is 6.92 Å². The molecule has 0 bridgehead atoms. The number of hydrogen-bond donors (Lipinski definition) is 0. The molecule has 0 aromatic rings. The molecule has 0 aromatic carbocycles. The van der Waals surface area contributed by atoms with Crippen molar-refractivity contribution in [2.24, 2.45) is 0 Å². The Bertz CT molecular complexity index is 160. The van der Waals surface area contributed by atoms with E-state index in [1.807, 2.05) is 0 Å². The van der Waals surface area contributed by atoms with Crippen LogP contribution in [0.5, 0.6) is 0 Å². The zero-order valence-electron chi connectivity index (χ0n) is 8.79. The Hall–Kier alpha value is 0.536. The van der Waals surface area contributed by atoms with Crippen molar-refractivity contribution in [1.82, 2.24) is 0 Å². The molecule has 0 saturated carbocycles. The molecule has 0 radical (unpaired) electrons. The molecule has 0 aromatic heterocycles. The maximum absolute atomic E-state index is 9.89. The zero-order chi connectivity index (χ0) is 10.4. The molecule has 0 aliphatic carbocycles. The number of carboxylic acid groups (broad SMARTS) is 2. The van der Waals surface area contributed by atoms with Crippen LogP contribution >= 0.6 is 0 Å². The summed E-state index contributed by atoms with van der Waals surface area (Å²) in [6, 6.07) is 0. The van der Waals surface area contributed by atoms with E-state index in [-0.39, 0.29) is 57.9 Å². The topological polar surface area (TPSA) is 80.3 Å². The predicted octanol–water partition coefficient (Wildman–Crippen LogP) is -5.80. The van der Waals surface area contributed by atoms with E-state index in [0.717, 1.165) is 6.92 Å². The first kappa shape index (κ1) is 19.2. The number of carbonyl (C=O) groups is 2. The summed E-state index contributed by atoms with van der Waals surface area (Å²) in [5.74, 6) is -2.09. The molecule has 0 unspecified atom stereocenters. The number of aliphatic carboxylic acids is 2. The maximum Gasteiger partial charge on any atom is 1.00 e. The minimum atomic E-state index is -1.08. The molecule has 6 heteroatoms. The van der Waals surface area contributed by atoms with Gasteiger partial charge in [-0.3, -0.25) is 0 Å². The van der Waals surface area contributed by atoms with E-state index in [2.05, 4.69) is 0 Å². The first-order chi connectivity index (χ1) is 5.15. The monoisotopic (exact) mass is 215 g/mol. The molecule has 0 spiro atoms. The standard InChI is InChI=1S/C5H11NO2.C2H4O2.K/c1-6(2,3)4-5(7)8;1-2(3)4;/h4H2,1-3H3;1H3,(H,3,4);/q;;+1/p-1. The van der Waals surface area contributed by atoms with E-state index in [4.69, 9.17) is 9.90 Å². The first-order valence-corrected chi connectivity index (χ1v) is 3.33. The summed E-state index contributed by atoms with van der Waals surface area (Å²) in [7, 11) is 5.40. The molecule has 72 valence electrons. The SMILES string of the molecule is CC(=O)[O-].C[N+](C)(C)CC(=O)[O-].[K+]. The van der Waals surface area contributed by atoms with Gasteiger partial charge < -0.3 is 24.3 Å². The molecule has 0 aliphatic heterocycles. The van der Waals surface area contributed by atoms with Crippen LogP contribution in [0.1, 0.15) is 6.92 Å². The van der Waals surface area contributed by atoms with Crippen LogP contribution in [-0.2, 0) is 9.59 Å². The van der Waals surface area contributed by atoms with E-state index in [1.54, 1.807) is 21.1 Å². The van der Waals surface area contributed by atoms with Gasteiger partial charge in [-0.25, -0.2) is 0 Å². The third-order valence-electron chi connectivity index (χ3n) is 0.603. The van der Waals surface area contributed by atoms with Gasteiger partial charge in [0.1, 0.15) is 6.54 Å². The van der Waals surface area contributed by atoms with Crippen molar-refractivity contribution in [2.45, 2.75) is 6.92 Å². The third-order valence-corrected chi connectivity index (χ3v) is 0.603. The van der Waals surface area contributed by atoms with Crippen LogP contribution in [0.4, 0.5) is 0 Å². The molecule has 0 atom stereocenters. The minimum absolute atomic E-state index is 0. The van der Waals surface area contributed by atoms with Crippen molar-refractivity contribution in [2.75, 3.05) is 27.7 Å².